The van der Waals surface area contributed by atoms with E-state index in [0.29, 0.717) is 0 Å². The summed E-state index contributed by atoms with van der Waals surface area (Å²) in [6, 6.07) is 0. The van der Waals surface area contributed by atoms with Crippen LogP contribution in [0.4, 0.5) is 4.39 Å². The zero-order valence-corrected chi connectivity index (χ0v) is 19.7. The minimum absolute atomic E-state index is 0.188. The molecule has 1 aliphatic heterocycles. The SMILES string of the molecule is CC[C@H]1OC(=O)C(C)[C@@H](O)[C@H](C)C[C@](C)(O)C[C@@H](C)/C(=N\OCF)C(C)C(O)[C@]1(C)O. The lowest BCUT2D eigenvalue weighted by molar-refractivity contribution is -0.189. The van der Waals surface area contributed by atoms with Gasteiger partial charge in [0.05, 0.1) is 29.4 Å². The Morgan fingerprint density at radius 3 is 2.23 bits per heavy atom. The van der Waals surface area contributed by atoms with Gasteiger partial charge in [0.1, 0.15) is 11.7 Å². The molecule has 182 valence electrons. The number of aliphatic hydroxyl groups is 4. The van der Waals surface area contributed by atoms with E-state index in [1.165, 1.54) is 13.8 Å². The first-order chi connectivity index (χ1) is 14.2. The van der Waals surface area contributed by atoms with Gasteiger partial charge >= 0.3 is 5.97 Å². The second-order valence-electron chi connectivity index (χ2n) is 9.61. The second kappa shape index (κ2) is 11.0. The van der Waals surface area contributed by atoms with Crippen LogP contribution in [0.15, 0.2) is 5.16 Å². The number of oxime groups is 1. The van der Waals surface area contributed by atoms with Crippen LogP contribution in [0.25, 0.3) is 0 Å². The van der Waals surface area contributed by atoms with Gasteiger partial charge in [0.25, 0.3) is 6.86 Å². The third-order valence-corrected chi connectivity index (χ3v) is 6.52. The summed E-state index contributed by atoms with van der Waals surface area (Å²) in [6.07, 6.45) is -2.95. The quantitative estimate of drug-likeness (QED) is 0.384. The molecule has 1 saturated heterocycles. The summed E-state index contributed by atoms with van der Waals surface area (Å²) in [5, 5.41) is 47.6. The van der Waals surface area contributed by atoms with E-state index < -0.39 is 66.0 Å². The van der Waals surface area contributed by atoms with E-state index in [9.17, 15) is 29.6 Å². The van der Waals surface area contributed by atoms with Gasteiger partial charge < -0.3 is 30.0 Å². The molecule has 0 aromatic rings. The molecule has 3 unspecified atom stereocenters. The molecule has 0 aromatic carbocycles. The molecule has 4 N–H and O–H groups in total. The van der Waals surface area contributed by atoms with Crippen molar-refractivity contribution in [2.24, 2.45) is 28.8 Å². The smallest absolute Gasteiger partial charge is 0.311 e. The number of alkyl halides is 1. The van der Waals surface area contributed by atoms with Gasteiger partial charge in [0.2, 0.25) is 0 Å². The van der Waals surface area contributed by atoms with E-state index in [2.05, 4.69) is 9.99 Å². The molecule has 1 heterocycles. The molecule has 0 bridgehead atoms. The van der Waals surface area contributed by atoms with Crippen molar-refractivity contribution in [1.82, 2.24) is 0 Å². The molecule has 0 saturated carbocycles. The molecular formula is C22H40FNO7. The minimum atomic E-state index is -1.86. The number of carbonyl (C=O) groups is 1. The van der Waals surface area contributed by atoms with Crippen molar-refractivity contribution in [3.63, 3.8) is 0 Å². The van der Waals surface area contributed by atoms with E-state index in [0.717, 1.165) is 0 Å². The number of carbonyl (C=O) groups excluding carboxylic acids is 1. The van der Waals surface area contributed by atoms with Gasteiger partial charge in [-0.05, 0) is 46.0 Å². The highest BCUT2D eigenvalue weighted by molar-refractivity contribution is 5.88. The predicted octanol–water partition coefficient (Wildman–Crippen LogP) is 2.17. The standard InChI is InChI=1S/C22H40FNO7/c1-8-16-22(7,29)19(26)14(4)17(24-30-11-23)12(2)9-21(6,28)10-13(3)18(25)15(5)20(27)31-16/h12-16,18-19,25-26,28-29H,8-11H2,1-7H3/b24-17+/t12-,13-,14?,15?,16-,18+,19?,21-,22-/m1/s1. The minimum Gasteiger partial charge on any atom is -0.459 e. The molecule has 0 spiro atoms. The lowest BCUT2D eigenvalue weighted by Gasteiger charge is -2.41. The van der Waals surface area contributed by atoms with Crippen molar-refractivity contribution in [2.75, 3.05) is 6.86 Å². The average molecular weight is 450 g/mol. The van der Waals surface area contributed by atoms with E-state index >= 15 is 0 Å². The molecule has 0 amide bonds. The van der Waals surface area contributed by atoms with E-state index in [1.807, 2.05) is 0 Å². The Bertz CT molecular complexity index is 625. The van der Waals surface area contributed by atoms with E-state index in [1.54, 1.807) is 34.6 Å². The lowest BCUT2D eigenvalue weighted by Crippen LogP contribution is -2.56. The number of halogens is 1. The van der Waals surface area contributed by atoms with Crippen LogP contribution >= 0.6 is 0 Å². The Hall–Kier alpha value is -1.29. The third kappa shape index (κ3) is 6.84. The number of hydrogen-bond acceptors (Lipinski definition) is 8. The average Bonchev–Trinajstić information content (AvgIpc) is 2.68. The van der Waals surface area contributed by atoms with E-state index in [-0.39, 0.29) is 25.0 Å². The molecule has 1 fully saturated rings. The molecule has 0 aliphatic carbocycles. The zero-order valence-electron chi connectivity index (χ0n) is 19.7. The van der Waals surface area contributed by atoms with Crippen LogP contribution in [-0.4, -0.2) is 68.5 Å². The van der Waals surface area contributed by atoms with Crippen molar-refractivity contribution in [2.45, 2.75) is 97.2 Å². The summed E-state index contributed by atoms with van der Waals surface area (Å²) in [5.41, 5.74) is -2.84. The molecule has 0 radical (unpaired) electrons. The lowest BCUT2D eigenvalue weighted by atomic mass is 9.75. The fraction of sp³-hybridized carbons (Fsp3) is 0.909. The second-order valence-corrected chi connectivity index (χ2v) is 9.61. The first-order valence-corrected chi connectivity index (χ1v) is 11.0. The number of rotatable bonds is 3. The van der Waals surface area contributed by atoms with Crippen molar-refractivity contribution >= 4 is 11.7 Å². The first-order valence-electron chi connectivity index (χ1n) is 11.0. The number of nitrogens with zero attached hydrogens (tertiary/aromatic N) is 1. The van der Waals surface area contributed by atoms with Gasteiger partial charge in [-0.1, -0.05) is 32.9 Å². The molecule has 9 atom stereocenters. The normalized spacial score (nSPS) is 45.1. The molecular weight excluding hydrogens is 409 g/mol. The maximum atomic E-state index is 12.7. The monoisotopic (exact) mass is 449 g/mol. The number of hydrogen-bond donors (Lipinski definition) is 4. The van der Waals surface area contributed by atoms with Gasteiger partial charge in [0, 0.05) is 11.8 Å². The van der Waals surface area contributed by atoms with Gasteiger partial charge in [-0.25, -0.2) is 4.39 Å². The van der Waals surface area contributed by atoms with Gasteiger partial charge in [-0.2, -0.15) is 0 Å². The number of cyclic esters (lactones) is 1. The van der Waals surface area contributed by atoms with Crippen LogP contribution in [0.5, 0.6) is 0 Å². The fourth-order valence-electron chi connectivity index (χ4n) is 4.74. The van der Waals surface area contributed by atoms with Crippen LogP contribution < -0.4 is 0 Å². The van der Waals surface area contributed by atoms with Gasteiger partial charge in [0.15, 0.2) is 0 Å². The van der Waals surface area contributed by atoms with Crippen LogP contribution in [0.3, 0.4) is 0 Å². The summed E-state index contributed by atoms with van der Waals surface area (Å²) in [5.74, 6) is -3.25. The summed E-state index contributed by atoms with van der Waals surface area (Å²) in [6.45, 7) is 10.2. The maximum absolute atomic E-state index is 12.7. The van der Waals surface area contributed by atoms with Crippen LogP contribution in [-0.2, 0) is 14.4 Å². The Kier molecular flexibility index (Phi) is 9.87. The topological polar surface area (TPSA) is 129 Å². The van der Waals surface area contributed by atoms with Crippen molar-refractivity contribution in [3.8, 4) is 0 Å². The van der Waals surface area contributed by atoms with Crippen LogP contribution in [0, 0.1) is 23.7 Å². The molecule has 8 nitrogen and oxygen atoms in total. The van der Waals surface area contributed by atoms with Crippen LogP contribution in [0.1, 0.15) is 67.7 Å². The predicted molar refractivity (Wildman–Crippen MR) is 114 cm³/mol. The third-order valence-electron chi connectivity index (χ3n) is 6.52. The number of ether oxygens (including phenoxy) is 1. The number of esters is 1. The summed E-state index contributed by atoms with van der Waals surface area (Å²) >= 11 is 0. The first kappa shape index (κ1) is 27.7. The molecule has 1 aliphatic rings. The molecule has 1 rings (SSSR count). The Labute approximate surface area is 184 Å². The van der Waals surface area contributed by atoms with Gasteiger partial charge in [-0.3, -0.25) is 4.79 Å². The highest BCUT2D eigenvalue weighted by Crippen LogP contribution is 2.34. The maximum Gasteiger partial charge on any atom is 0.311 e. The van der Waals surface area contributed by atoms with Crippen LogP contribution in [0.2, 0.25) is 0 Å². The zero-order chi connectivity index (χ0) is 24.1. The highest BCUT2D eigenvalue weighted by Gasteiger charge is 2.47. The largest absolute Gasteiger partial charge is 0.459 e. The van der Waals surface area contributed by atoms with Gasteiger partial charge in [-0.15, -0.1) is 0 Å². The van der Waals surface area contributed by atoms with E-state index in [4.69, 9.17) is 4.74 Å². The molecule has 0 aromatic heterocycles. The number of aliphatic hydroxyl groups excluding tert-OH is 2. The summed E-state index contributed by atoms with van der Waals surface area (Å²) in [7, 11) is 0. The summed E-state index contributed by atoms with van der Waals surface area (Å²) < 4.78 is 18.2. The molecule has 9 heteroatoms. The van der Waals surface area contributed by atoms with Crippen molar-refractivity contribution in [1.29, 1.82) is 0 Å². The van der Waals surface area contributed by atoms with Crippen molar-refractivity contribution in [3.05, 3.63) is 0 Å². The summed E-state index contributed by atoms with van der Waals surface area (Å²) in [4.78, 5) is 17.3. The Morgan fingerprint density at radius 1 is 1.13 bits per heavy atom. The Balaban J connectivity index is 3.48. The fourth-order valence-corrected chi connectivity index (χ4v) is 4.74. The Morgan fingerprint density at radius 2 is 1.71 bits per heavy atom. The molecule has 31 heavy (non-hydrogen) atoms. The van der Waals surface area contributed by atoms with Crippen molar-refractivity contribution < 1.29 is 39.2 Å². The highest BCUT2D eigenvalue weighted by atomic mass is 19.1.